The average Bonchev–Trinajstić information content (AvgIpc) is 2.73. The molecule has 0 unspecified atom stereocenters. The zero-order valence-corrected chi connectivity index (χ0v) is 17.0. The summed E-state index contributed by atoms with van der Waals surface area (Å²) in [6.07, 6.45) is 6.05. The van der Waals surface area contributed by atoms with Gasteiger partial charge in [-0.05, 0) is 48.6 Å². The maximum Gasteiger partial charge on any atom is 0.122 e. The zero-order chi connectivity index (χ0) is 18.9. The quantitative estimate of drug-likeness (QED) is 0.593. The summed E-state index contributed by atoms with van der Waals surface area (Å²) in [6, 6.07) is 17.5. The number of hydrogen-bond acceptors (Lipinski definition) is 3. The van der Waals surface area contributed by atoms with Gasteiger partial charge in [-0.2, -0.15) is 0 Å². The fourth-order valence-electron chi connectivity index (χ4n) is 3.90. The normalized spacial score (nSPS) is 15.1. The third kappa shape index (κ3) is 5.74. The van der Waals surface area contributed by atoms with Gasteiger partial charge in [-0.1, -0.05) is 50.1 Å². The van der Waals surface area contributed by atoms with Gasteiger partial charge in [0.1, 0.15) is 5.75 Å². The molecule has 0 spiro atoms. The number of nitrogens with zero attached hydrogens (tertiary/aromatic N) is 2. The first kappa shape index (κ1) is 19.8. The lowest BCUT2D eigenvalue weighted by Gasteiger charge is -2.36. The molecule has 146 valence electrons. The van der Waals surface area contributed by atoms with Gasteiger partial charge in [-0.25, -0.2) is 0 Å². The van der Waals surface area contributed by atoms with Crippen LogP contribution in [0.2, 0.25) is 0 Å². The summed E-state index contributed by atoms with van der Waals surface area (Å²) in [6.45, 7) is 7.93. The molecule has 0 amide bonds. The van der Waals surface area contributed by atoms with Gasteiger partial charge in [0.15, 0.2) is 0 Å². The monoisotopic (exact) mass is 366 g/mol. The van der Waals surface area contributed by atoms with Crippen molar-refractivity contribution in [1.82, 2.24) is 4.90 Å². The number of benzene rings is 2. The van der Waals surface area contributed by atoms with E-state index in [9.17, 15) is 0 Å². The van der Waals surface area contributed by atoms with Crippen molar-refractivity contribution in [3.05, 3.63) is 59.7 Å². The first-order chi connectivity index (χ1) is 13.3. The molecule has 1 aliphatic rings. The number of methoxy groups -OCH3 is 1. The number of para-hydroxylation sites is 1. The van der Waals surface area contributed by atoms with Crippen LogP contribution in [0.1, 0.15) is 37.3 Å². The van der Waals surface area contributed by atoms with Crippen LogP contribution in [0.3, 0.4) is 0 Å². The molecule has 0 atom stereocenters. The van der Waals surface area contributed by atoms with Crippen molar-refractivity contribution >= 4 is 5.69 Å². The summed E-state index contributed by atoms with van der Waals surface area (Å²) in [7, 11) is 1.78. The smallest absolute Gasteiger partial charge is 0.122 e. The second-order valence-corrected chi connectivity index (χ2v) is 7.52. The Balaban J connectivity index is 1.49. The van der Waals surface area contributed by atoms with E-state index in [0.717, 1.165) is 51.3 Å². The SMILES string of the molecule is CCCCCc1cc(CCN2CCN(c3ccccc3)CC2)ccc1OC. The van der Waals surface area contributed by atoms with Gasteiger partial charge >= 0.3 is 0 Å². The van der Waals surface area contributed by atoms with E-state index in [0.29, 0.717) is 0 Å². The highest BCUT2D eigenvalue weighted by molar-refractivity contribution is 5.46. The molecule has 1 heterocycles. The van der Waals surface area contributed by atoms with Crippen LogP contribution < -0.4 is 9.64 Å². The van der Waals surface area contributed by atoms with Crippen LogP contribution in [0.25, 0.3) is 0 Å². The number of aryl methyl sites for hydroxylation is 1. The highest BCUT2D eigenvalue weighted by atomic mass is 16.5. The predicted molar refractivity (Wildman–Crippen MR) is 115 cm³/mol. The highest BCUT2D eigenvalue weighted by Crippen LogP contribution is 2.23. The molecule has 0 saturated carbocycles. The van der Waals surface area contributed by atoms with E-state index in [4.69, 9.17) is 4.74 Å². The minimum atomic E-state index is 1.05. The summed E-state index contributed by atoms with van der Waals surface area (Å²) in [5.41, 5.74) is 4.16. The average molecular weight is 367 g/mol. The minimum Gasteiger partial charge on any atom is -0.496 e. The van der Waals surface area contributed by atoms with E-state index in [2.05, 4.69) is 65.3 Å². The topological polar surface area (TPSA) is 15.7 Å². The Morgan fingerprint density at radius 2 is 1.67 bits per heavy atom. The molecule has 2 aromatic carbocycles. The fourth-order valence-corrected chi connectivity index (χ4v) is 3.90. The van der Waals surface area contributed by atoms with Gasteiger partial charge in [0, 0.05) is 38.4 Å². The molecule has 0 aromatic heterocycles. The van der Waals surface area contributed by atoms with Gasteiger partial charge in [0.2, 0.25) is 0 Å². The Morgan fingerprint density at radius 3 is 2.37 bits per heavy atom. The van der Waals surface area contributed by atoms with E-state index in [1.807, 2.05) is 0 Å². The minimum absolute atomic E-state index is 1.05. The van der Waals surface area contributed by atoms with Crippen LogP contribution in [-0.2, 0) is 12.8 Å². The molecule has 0 aliphatic carbocycles. The van der Waals surface area contributed by atoms with E-state index in [1.165, 1.54) is 36.1 Å². The Hall–Kier alpha value is -2.00. The van der Waals surface area contributed by atoms with Crippen molar-refractivity contribution in [1.29, 1.82) is 0 Å². The number of hydrogen-bond donors (Lipinski definition) is 0. The summed E-state index contributed by atoms with van der Waals surface area (Å²) >= 11 is 0. The molecule has 0 radical (unpaired) electrons. The fraction of sp³-hybridized carbons (Fsp3) is 0.500. The summed E-state index contributed by atoms with van der Waals surface area (Å²) < 4.78 is 5.56. The number of rotatable bonds is 9. The van der Waals surface area contributed by atoms with Crippen molar-refractivity contribution in [2.24, 2.45) is 0 Å². The molecule has 3 rings (SSSR count). The predicted octanol–water partition coefficient (Wildman–Crippen LogP) is 4.79. The van der Waals surface area contributed by atoms with Crippen LogP contribution >= 0.6 is 0 Å². The molecule has 3 heteroatoms. The number of ether oxygens (including phenoxy) is 1. The van der Waals surface area contributed by atoms with Gasteiger partial charge in [0.05, 0.1) is 7.11 Å². The van der Waals surface area contributed by atoms with E-state index in [-0.39, 0.29) is 0 Å². The summed E-state index contributed by atoms with van der Waals surface area (Å²) in [5.74, 6) is 1.05. The highest BCUT2D eigenvalue weighted by Gasteiger charge is 2.17. The lowest BCUT2D eigenvalue weighted by molar-refractivity contribution is 0.261. The molecule has 1 aliphatic heterocycles. The zero-order valence-electron chi connectivity index (χ0n) is 17.0. The number of piperazine rings is 1. The van der Waals surface area contributed by atoms with Gasteiger partial charge in [-0.3, -0.25) is 4.90 Å². The van der Waals surface area contributed by atoms with Crippen molar-refractivity contribution in [3.8, 4) is 5.75 Å². The first-order valence-electron chi connectivity index (χ1n) is 10.5. The van der Waals surface area contributed by atoms with Gasteiger partial charge in [-0.15, -0.1) is 0 Å². The summed E-state index contributed by atoms with van der Waals surface area (Å²) in [4.78, 5) is 5.09. The second-order valence-electron chi connectivity index (χ2n) is 7.52. The van der Waals surface area contributed by atoms with Gasteiger partial charge < -0.3 is 9.64 Å². The second kappa shape index (κ2) is 10.4. The lowest BCUT2D eigenvalue weighted by Crippen LogP contribution is -2.46. The third-order valence-corrected chi connectivity index (χ3v) is 5.60. The Bertz CT molecular complexity index is 678. The molecular weight excluding hydrogens is 332 g/mol. The van der Waals surface area contributed by atoms with Crippen molar-refractivity contribution < 1.29 is 4.74 Å². The molecule has 0 bridgehead atoms. The van der Waals surface area contributed by atoms with Crippen molar-refractivity contribution in [2.75, 3.05) is 44.7 Å². The Labute approximate surface area is 164 Å². The Morgan fingerprint density at radius 1 is 0.889 bits per heavy atom. The maximum atomic E-state index is 5.56. The first-order valence-corrected chi connectivity index (χ1v) is 10.5. The van der Waals surface area contributed by atoms with Crippen LogP contribution in [0.4, 0.5) is 5.69 Å². The molecule has 3 nitrogen and oxygen atoms in total. The van der Waals surface area contributed by atoms with Crippen LogP contribution in [0, 0.1) is 0 Å². The molecule has 1 fully saturated rings. The van der Waals surface area contributed by atoms with Crippen LogP contribution in [-0.4, -0.2) is 44.7 Å². The third-order valence-electron chi connectivity index (χ3n) is 5.60. The van der Waals surface area contributed by atoms with E-state index in [1.54, 1.807) is 7.11 Å². The standard InChI is InChI=1S/C24H34N2O/c1-3-4-6-9-22-20-21(12-13-24(22)27-2)14-15-25-16-18-26(19-17-25)23-10-7-5-8-11-23/h5,7-8,10-13,20H,3-4,6,9,14-19H2,1-2H3. The molecule has 1 saturated heterocycles. The maximum absolute atomic E-state index is 5.56. The van der Waals surface area contributed by atoms with Crippen molar-refractivity contribution in [2.45, 2.75) is 39.0 Å². The number of anilines is 1. The van der Waals surface area contributed by atoms with Gasteiger partial charge in [0.25, 0.3) is 0 Å². The number of unbranched alkanes of at least 4 members (excludes halogenated alkanes) is 2. The molecule has 2 aromatic rings. The molecule has 27 heavy (non-hydrogen) atoms. The molecule has 0 N–H and O–H groups in total. The van der Waals surface area contributed by atoms with E-state index < -0.39 is 0 Å². The Kier molecular flexibility index (Phi) is 7.58. The largest absolute Gasteiger partial charge is 0.496 e. The lowest BCUT2D eigenvalue weighted by atomic mass is 10.0. The molecular formula is C24H34N2O. The van der Waals surface area contributed by atoms with E-state index >= 15 is 0 Å². The van der Waals surface area contributed by atoms with Crippen LogP contribution in [0.15, 0.2) is 48.5 Å². The summed E-state index contributed by atoms with van der Waals surface area (Å²) in [5, 5.41) is 0. The van der Waals surface area contributed by atoms with Crippen LogP contribution in [0.5, 0.6) is 5.75 Å². The van der Waals surface area contributed by atoms with Crippen molar-refractivity contribution in [3.63, 3.8) is 0 Å².